The van der Waals surface area contributed by atoms with Gasteiger partial charge in [-0.1, -0.05) is 26.0 Å². The number of ether oxygens (including phenoxy) is 1. The number of amides is 2. The quantitative estimate of drug-likeness (QED) is 0.441. The van der Waals surface area contributed by atoms with Crippen LogP contribution >= 0.6 is 12.2 Å². The molecular formula is C19H27N3O4S. The van der Waals surface area contributed by atoms with E-state index in [2.05, 4.69) is 16.0 Å². The van der Waals surface area contributed by atoms with E-state index in [-0.39, 0.29) is 29.9 Å². The van der Waals surface area contributed by atoms with Crippen LogP contribution in [-0.4, -0.2) is 35.5 Å². The van der Waals surface area contributed by atoms with Gasteiger partial charge in [0.05, 0.1) is 24.3 Å². The molecule has 27 heavy (non-hydrogen) atoms. The molecule has 0 spiro atoms. The maximum absolute atomic E-state index is 12.4. The molecule has 0 aliphatic rings. The van der Waals surface area contributed by atoms with E-state index in [0.29, 0.717) is 17.9 Å². The molecule has 0 radical (unpaired) electrons. The monoisotopic (exact) mass is 393 g/mol. The highest BCUT2D eigenvalue weighted by molar-refractivity contribution is 7.80. The van der Waals surface area contributed by atoms with Gasteiger partial charge in [0.1, 0.15) is 0 Å². The van der Waals surface area contributed by atoms with Crippen LogP contribution < -0.4 is 16.0 Å². The van der Waals surface area contributed by atoms with E-state index in [1.54, 1.807) is 24.3 Å². The molecule has 0 aromatic heterocycles. The zero-order valence-corrected chi connectivity index (χ0v) is 16.8. The molecule has 0 fully saturated rings. The lowest BCUT2D eigenvalue weighted by molar-refractivity contribution is -0.144. The number of carbonyl (C=O) groups is 3. The summed E-state index contributed by atoms with van der Waals surface area (Å²) in [5, 5.41) is 8.31. The van der Waals surface area contributed by atoms with Crippen molar-refractivity contribution in [1.29, 1.82) is 0 Å². The summed E-state index contributed by atoms with van der Waals surface area (Å²) in [6.07, 6.45) is 1.51. The topological polar surface area (TPSA) is 96.5 Å². The van der Waals surface area contributed by atoms with Crippen LogP contribution in [0.3, 0.4) is 0 Å². The summed E-state index contributed by atoms with van der Waals surface area (Å²) < 4.78 is 4.91. The van der Waals surface area contributed by atoms with Crippen molar-refractivity contribution in [3.63, 3.8) is 0 Å². The molecule has 148 valence electrons. The number of nitrogens with one attached hydrogen (secondary N) is 3. The van der Waals surface area contributed by atoms with Crippen molar-refractivity contribution in [2.75, 3.05) is 11.9 Å². The molecule has 2 amide bonds. The standard InChI is InChI=1S/C19H27N3O4S/c1-4-12-26-17(24)11-10-16(23)22-19(27)21-15-9-7-6-8-14(15)18(25)20-13(3)5-2/h6-9,13H,4-5,10-12H2,1-3H3,(H,20,25)(H2,21,22,23,27). The summed E-state index contributed by atoms with van der Waals surface area (Å²) in [5.74, 6) is -1.04. The smallest absolute Gasteiger partial charge is 0.306 e. The van der Waals surface area contributed by atoms with Gasteiger partial charge in [0.25, 0.3) is 5.91 Å². The number of rotatable bonds is 9. The fraction of sp³-hybridized carbons (Fsp3) is 0.474. The summed E-state index contributed by atoms with van der Waals surface area (Å²) >= 11 is 5.13. The Hall–Kier alpha value is -2.48. The van der Waals surface area contributed by atoms with Crippen molar-refractivity contribution in [2.45, 2.75) is 52.5 Å². The molecular weight excluding hydrogens is 366 g/mol. The molecule has 0 heterocycles. The Bertz CT molecular complexity index is 679. The number of hydrogen-bond donors (Lipinski definition) is 3. The molecule has 3 N–H and O–H groups in total. The van der Waals surface area contributed by atoms with Crippen LogP contribution in [0.15, 0.2) is 24.3 Å². The minimum Gasteiger partial charge on any atom is -0.466 e. The fourth-order valence-electron chi connectivity index (χ4n) is 2.04. The molecule has 1 unspecified atom stereocenters. The van der Waals surface area contributed by atoms with E-state index in [1.807, 2.05) is 20.8 Å². The number of hydrogen-bond acceptors (Lipinski definition) is 5. The summed E-state index contributed by atoms with van der Waals surface area (Å²) in [6.45, 7) is 6.14. The molecule has 8 heteroatoms. The second-order valence-electron chi connectivity index (χ2n) is 6.05. The Kier molecular flexibility index (Phi) is 10.0. The number of para-hydroxylation sites is 1. The number of carbonyl (C=O) groups excluding carboxylic acids is 3. The number of anilines is 1. The minimum absolute atomic E-state index is 0.0116. The van der Waals surface area contributed by atoms with Crippen LogP contribution in [0.4, 0.5) is 5.69 Å². The van der Waals surface area contributed by atoms with E-state index in [1.165, 1.54) is 0 Å². The zero-order valence-electron chi connectivity index (χ0n) is 16.0. The highest BCUT2D eigenvalue weighted by atomic mass is 32.1. The first-order valence-corrected chi connectivity index (χ1v) is 9.44. The van der Waals surface area contributed by atoms with Crippen molar-refractivity contribution in [1.82, 2.24) is 10.6 Å². The van der Waals surface area contributed by atoms with Gasteiger partial charge in [-0.3, -0.25) is 14.4 Å². The molecule has 0 saturated heterocycles. The first-order chi connectivity index (χ1) is 12.9. The third-order valence-electron chi connectivity index (χ3n) is 3.69. The van der Waals surface area contributed by atoms with Crippen molar-refractivity contribution >= 4 is 40.8 Å². The van der Waals surface area contributed by atoms with Gasteiger partial charge in [0, 0.05) is 12.5 Å². The minimum atomic E-state index is -0.419. The van der Waals surface area contributed by atoms with Crippen molar-refractivity contribution < 1.29 is 19.1 Å². The predicted octanol–water partition coefficient (Wildman–Crippen LogP) is 2.76. The predicted molar refractivity (Wildman–Crippen MR) is 109 cm³/mol. The lowest BCUT2D eigenvalue weighted by atomic mass is 10.1. The van der Waals surface area contributed by atoms with Gasteiger partial charge in [0.2, 0.25) is 5.91 Å². The Morgan fingerprint density at radius 2 is 1.85 bits per heavy atom. The summed E-state index contributed by atoms with van der Waals surface area (Å²) in [6, 6.07) is 6.93. The van der Waals surface area contributed by atoms with Crippen molar-refractivity contribution in [2.24, 2.45) is 0 Å². The Labute approximate surface area is 165 Å². The third kappa shape index (κ3) is 8.63. The lowest BCUT2D eigenvalue weighted by Gasteiger charge is -2.15. The van der Waals surface area contributed by atoms with Crippen molar-refractivity contribution in [3.8, 4) is 0 Å². The van der Waals surface area contributed by atoms with Crippen LogP contribution in [0.1, 0.15) is 56.8 Å². The average molecular weight is 394 g/mol. The normalized spacial score (nSPS) is 11.2. The number of esters is 1. The van der Waals surface area contributed by atoms with Gasteiger partial charge in [0.15, 0.2) is 5.11 Å². The first kappa shape index (κ1) is 22.6. The first-order valence-electron chi connectivity index (χ1n) is 9.03. The largest absolute Gasteiger partial charge is 0.466 e. The second-order valence-corrected chi connectivity index (χ2v) is 6.46. The van der Waals surface area contributed by atoms with E-state index in [0.717, 1.165) is 12.8 Å². The highest BCUT2D eigenvalue weighted by Crippen LogP contribution is 2.15. The maximum atomic E-state index is 12.4. The molecule has 7 nitrogen and oxygen atoms in total. The third-order valence-corrected chi connectivity index (χ3v) is 3.89. The van der Waals surface area contributed by atoms with Crippen LogP contribution in [-0.2, 0) is 14.3 Å². The van der Waals surface area contributed by atoms with Crippen LogP contribution in [0, 0.1) is 0 Å². The Morgan fingerprint density at radius 3 is 2.52 bits per heavy atom. The van der Waals surface area contributed by atoms with Crippen LogP contribution in [0.2, 0.25) is 0 Å². The van der Waals surface area contributed by atoms with Gasteiger partial charge in [-0.15, -0.1) is 0 Å². The van der Waals surface area contributed by atoms with Gasteiger partial charge in [-0.25, -0.2) is 0 Å². The van der Waals surface area contributed by atoms with Crippen molar-refractivity contribution in [3.05, 3.63) is 29.8 Å². The Morgan fingerprint density at radius 1 is 1.15 bits per heavy atom. The SMILES string of the molecule is CCCOC(=O)CCC(=O)NC(=S)Nc1ccccc1C(=O)NC(C)CC. The number of thiocarbonyl (C=S) groups is 1. The summed E-state index contributed by atoms with van der Waals surface area (Å²) in [5.41, 5.74) is 0.920. The van der Waals surface area contributed by atoms with Gasteiger partial charge in [-0.05, 0) is 44.1 Å². The number of benzene rings is 1. The van der Waals surface area contributed by atoms with E-state index in [4.69, 9.17) is 17.0 Å². The van der Waals surface area contributed by atoms with E-state index >= 15 is 0 Å². The maximum Gasteiger partial charge on any atom is 0.306 e. The van der Waals surface area contributed by atoms with Gasteiger partial charge in [-0.2, -0.15) is 0 Å². The van der Waals surface area contributed by atoms with Crippen LogP contribution in [0.5, 0.6) is 0 Å². The lowest BCUT2D eigenvalue weighted by Crippen LogP contribution is -2.36. The highest BCUT2D eigenvalue weighted by Gasteiger charge is 2.15. The molecule has 0 bridgehead atoms. The van der Waals surface area contributed by atoms with E-state index < -0.39 is 11.9 Å². The van der Waals surface area contributed by atoms with E-state index in [9.17, 15) is 14.4 Å². The molecule has 0 saturated carbocycles. The average Bonchev–Trinajstić information content (AvgIpc) is 2.64. The Balaban J connectivity index is 2.58. The molecule has 0 aliphatic heterocycles. The second kappa shape index (κ2) is 12.0. The molecule has 1 aromatic rings. The molecule has 1 atom stereocenters. The molecule has 1 aromatic carbocycles. The zero-order chi connectivity index (χ0) is 20.2. The molecule has 1 rings (SSSR count). The van der Waals surface area contributed by atoms with Gasteiger partial charge < -0.3 is 20.7 Å². The summed E-state index contributed by atoms with van der Waals surface area (Å²) in [7, 11) is 0. The fourth-order valence-corrected chi connectivity index (χ4v) is 2.26. The van der Waals surface area contributed by atoms with Gasteiger partial charge >= 0.3 is 5.97 Å². The summed E-state index contributed by atoms with van der Waals surface area (Å²) in [4.78, 5) is 35.7. The van der Waals surface area contributed by atoms with Crippen LogP contribution in [0.25, 0.3) is 0 Å². The molecule has 0 aliphatic carbocycles.